The smallest absolute Gasteiger partial charge is 0.000111 e. The first-order valence-electron chi connectivity index (χ1n) is 14.4. The van der Waals surface area contributed by atoms with Crippen LogP contribution in [0.4, 0.5) is 0 Å². The number of hydrogen-bond acceptors (Lipinski definition) is 0. The van der Waals surface area contributed by atoms with Crippen molar-refractivity contribution in [2.75, 3.05) is 0 Å². The highest BCUT2D eigenvalue weighted by atomic mass is 14.3. The van der Waals surface area contributed by atoms with E-state index in [1.807, 2.05) is 0 Å². The fourth-order valence-electron chi connectivity index (χ4n) is 7.36. The standard InChI is InChI=1S/C41H26/c1-2-13-27(14-3-1)40-32-18-8-10-20-34(32)41(35-21-11-9-19-33(35)40)39-25-38-31-23-22-26-12-4-5-15-28(26)36(31)24-37(38)29-16-6-7-17-30(29)39/h1-23,25H,24H2. The van der Waals surface area contributed by atoms with Crippen LogP contribution in [0.25, 0.3) is 76.5 Å². The molecule has 0 aromatic heterocycles. The van der Waals surface area contributed by atoms with Crippen molar-refractivity contribution < 1.29 is 0 Å². The van der Waals surface area contributed by atoms with Gasteiger partial charge in [-0.2, -0.15) is 0 Å². The van der Waals surface area contributed by atoms with Crippen LogP contribution in [0, 0.1) is 0 Å². The van der Waals surface area contributed by atoms with Gasteiger partial charge in [-0.1, -0.05) is 140 Å². The van der Waals surface area contributed by atoms with Gasteiger partial charge in [-0.15, -0.1) is 0 Å². The van der Waals surface area contributed by atoms with E-state index in [4.69, 9.17) is 0 Å². The number of rotatable bonds is 2. The first kappa shape index (κ1) is 22.6. The molecule has 8 aromatic carbocycles. The van der Waals surface area contributed by atoms with Crippen LogP contribution in [-0.4, -0.2) is 0 Å². The minimum Gasteiger partial charge on any atom is -0.0622 e. The Hall–Kier alpha value is -5.20. The lowest BCUT2D eigenvalue weighted by molar-refractivity contribution is 1.31. The Morgan fingerprint density at radius 3 is 1.51 bits per heavy atom. The summed E-state index contributed by atoms with van der Waals surface area (Å²) in [5.41, 5.74) is 10.9. The van der Waals surface area contributed by atoms with Gasteiger partial charge in [-0.05, 0) is 100 Å². The summed E-state index contributed by atoms with van der Waals surface area (Å²) in [7, 11) is 0. The summed E-state index contributed by atoms with van der Waals surface area (Å²) < 4.78 is 0. The summed E-state index contributed by atoms with van der Waals surface area (Å²) in [5.74, 6) is 0. The second-order valence-electron chi connectivity index (χ2n) is 11.2. The summed E-state index contributed by atoms with van der Waals surface area (Å²) >= 11 is 0. The summed E-state index contributed by atoms with van der Waals surface area (Å²) in [6.07, 6.45) is 0.973. The molecule has 0 fully saturated rings. The fraction of sp³-hybridized carbons (Fsp3) is 0.0244. The van der Waals surface area contributed by atoms with Crippen LogP contribution in [-0.2, 0) is 6.42 Å². The molecule has 190 valence electrons. The zero-order valence-electron chi connectivity index (χ0n) is 22.6. The number of benzene rings is 8. The van der Waals surface area contributed by atoms with Gasteiger partial charge in [-0.25, -0.2) is 0 Å². The zero-order chi connectivity index (χ0) is 26.9. The highest BCUT2D eigenvalue weighted by molar-refractivity contribution is 6.24. The lowest BCUT2D eigenvalue weighted by atomic mass is 9.83. The summed E-state index contributed by atoms with van der Waals surface area (Å²) in [5, 5.41) is 10.6. The maximum absolute atomic E-state index is 2.49. The van der Waals surface area contributed by atoms with Crippen LogP contribution < -0.4 is 0 Å². The molecule has 1 aliphatic carbocycles. The topological polar surface area (TPSA) is 0 Å². The van der Waals surface area contributed by atoms with Crippen LogP contribution in [0.5, 0.6) is 0 Å². The van der Waals surface area contributed by atoms with Gasteiger partial charge in [0.25, 0.3) is 0 Å². The molecule has 1 aliphatic rings. The molecule has 0 N–H and O–H groups in total. The SMILES string of the molecule is c1ccc(-c2c3ccccc3c(-c3cc4c(c5ccccc35)Cc3c-4ccc4ccccc34)c3ccccc23)cc1. The predicted octanol–water partition coefficient (Wildman–Crippen LogP) is 11.2. The molecule has 0 amide bonds. The second kappa shape index (κ2) is 8.65. The van der Waals surface area contributed by atoms with E-state index in [1.54, 1.807) is 0 Å². The van der Waals surface area contributed by atoms with Crippen LogP contribution >= 0.6 is 0 Å². The molecule has 0 aliphatic heterocycles. The van der Waals surface area contributed by atoms with Crippen molar-refractivity contribution >= 4 is 43.1 Å². The summed E-state index contributed by atoms with van der Waals surface area (Å²) in [6, 6.07) is 53.8. The molecule has 0 heterocycles. The van der Waals surface area contributed by atoms with Crippen molar-refractivity contribution in [1.29, 1.82) is 0 Å². The minimum atomic E-state index is 0.973. The van der Waals surface area contributed by atoms with Gasteiger partial charge >= 0.3 is 0 Å². The van der Waals surface area contributed by atoms with Gasteiger partial charge in [0.2, 0.25) is 0 Å². The van der Waals surface area contributed by atoms with E-state index in [0.29, 0.717) is 0 Å². The Kier molecular flexibility index (Phi) is 4.77. The van der Waals surface area contributed by atoms with Gasteiger partial charge in [-0.3, -0.25) is 0 Å². The van der Waals surface area contributed by atoms with Crippen LogP contribution in [0.3, 0.4) is 0 Å². The molecular formula is C41H26. The van der Waals surface area contributed by atoms with Crippen LogP contribution in [0.15, 0.2) is 146 Å². The van der Waals surface area contributed by atoms with E-state index >= 15 is 0 Å². The highest BCUT2D eigenvalue weighted by Gasteiger charge is 2.26. The second-order valence-corrected chi connectivity index (χ2v) is 11.2. The Balaban J connectivity index is 1.44. The highest BCUT2D eigenvalue weighted by Crippen LogP contribution is 2.50. The zero-order valence-corrected chi connectivity index (χ0v) is 22.6. The van der Waals surface area contributed by atoms with Crippen molar-refractivity contribution in [3.63, 3.8) is 0 Å². The third-order valence-electron chi connectivity index (χ3n) is 9.10. The van der Waals surface area contributed by atoms with Crippen molar-refractivity contribution in [3.05, 3.63) is 157 Å². The molecule has 0 heteroatoms. The predicted molar refractivity (Wildman–Crippen MR) is 176 cm³/mol. The third-order valence-corrected chi connectivity index (χ3v) is 9.10. The minimum absolute atomic E-state index is 0.973. The Labute approximate surface area is 239 Å². The van der Waals surface area contributed by atoms with Crippen molar-refractivity contribution in [3.8, 4) is 33.4 Å². The molecule has 0 spiro atoms. The Morgan fingerprint density at radius 2 is 0.829 bits per heavy atom. The Morgan fingerprint density at radius 1 is 0.317 bits per heavy atom. The Bertz CT molecular complexity index is 2270. The van der Waals surface area contributed by atoms with E-state index < -0.39 is 0 Å². The number of fused-ring (bicyclic) bond motifs is 9. The molecule has 9 rings (SSSR count). The van der Waals surface area contributed by atoms with E-state index in [0.717, 1.165) is 6.42 Å². The van der Waals surface area contributed by atoms with Crippen molar-refractivity contribution in [2.45, 2.75) is 6.42 Å². The molecule has 41 heavy (non-hydrogen) atoms. The van der Waals surface area contributed by atoms with E-state index in [-0.39, 0.29) is 0 Å². The van der Waals surface area contributed by atoms with Crippen LogP contribution in [0.1, 0.15) is 11.1 Å². The van der Waals surface area contributed by atoms with Crippen LogP contribution in [0.2, 0.25) is 0 Å². The average Bonchev–Trinajstić information content (AvgIpc) is 3.43. The monoisotopic (exact) mass is 518 g/mol. The first-order valence-corrected chi connectivity index (χ1v) is 14.4. The molecular weight excluding hydrogens is 492 g/mol. The molecule has 8 aromatic rings. The molecule has 0 unspecified atom stereocenters. The molecule has 0 saturated heterocycles. The molecule has 0 saturated carbocycles. The molecule has 0 nitrogen and oxygen atoms in total. The number of hydrogen-bond donors (Lipinski definition) is 0. The third kappa shape index (κ3) is 3.22. The summed E-state index contributed by atoms with van der Waals surface area (Å²) in [6.45, 7) is 0. The lowest BCUT2D eigenvalue weighted by Crippen LogP contribution is -1.93. The van der Waals surface area contributed by atoms with E-state index in [9.17, 15) is 0 Å². The van der Waals surface area contributed by atoms with E-state index in [2.05, 4.69) is 146 Å². The average molecular weight is 519 g/mol. The van der Waals surface area contributed by atoms with Gasteiger partial charge < -0.3 is 0 Å². The van der Waals surface area contributed by atoms with Gasteiger partial charge in [0.05, 0.1) is 0 Å². The van der Waals surface area contributed by atoms with Crippen molar-refractivity contribution in [2.24, 2.45) is 0 Å². The molecule has 0 radical (unpaired) electrons. The van der Waals surface area contributed by atoms with Gasteiger partial charge in [0.15, 0.2) is 0 Å². The molecule has 0 atom stereocenters. The lowest BCUT2D eigenvalue weighted by Gasteiger charge is -2.20. The first-order chi connectivity index (χ1) is 20.4. The van der Waals surface area contributed by atoms with Gasteiger partial charge in [0, 0.05) is 0 Å². The quantitative estimate of drug-likeness (QED) is 0.200. The molecule has 0 bridgehead atoms. The van der Waals surface area contributed by atoms with E-state index in [1.165, 1.54) is 87.6 Å². The maximum atomic E-state index is 2.49. The largest absolute Gasteiger partial charge is 0.0622 e. The summed E-state index contributed by atoms with van der Waals surface area (Å²) in [4.78, 5) is 0. The van der Waals surface area contributed by atoms with Gasteiger partial charge in [0.1, 0.15) is 0 Å². The maximum Gasteiger partial charge on any atom is -0.000111 e. The normalized spacial score (nSPS) is 12.3. The fourth-order valence-corrected chi connectivity index (χ4v) is 7.36. The van der Waals surface area contributed by atoms with Crippen molar-refractivity contribution in [1.82, 2.24) is 0 Å².